The van der Waals surface area contributed by atoms with Crippen LogP contribution in [0, 0.1) is 0 Å². The fraction of sp³-hybridized carbons (Fsp3) is 0.357. The molecule has 0 saturated carbocycles. The van der Waals surface area contributed by atoms with Crippen LogP contribution < -0.4 is 10.5 Å². The number of nitrogens with one attached hydrogen (secondary N) is 1. The van der Waals surface area contributed by atoms with E-state index < -0.39 is 32.0 Å². The number of carbonyl (C=O) groups is 1. The minimum absolute atomic E-state index is 0.0181. The first-order valence-electron chi connectivity index (χ1n) is 7.64. The Kier molecular flexibility index (Phi) is 5.51. The van der Waals surface area contributed by atoms with Crippen LogP contribution in [0.1, 0.15) is 17.7 Å². The lowest BCUT2D eigenvalue weighted by atomic mass is 10.2. The van der Waals surface area contributed by atoms with Crippen molar-refractivity contribution in [3.63, 3.8) is 0 Å². The molecule has 0 bridgehead atoms. The molecule has 12 heteroatoms. The van der Waals surface area contributed by atoms with Gasteiger partial charge in [-0.2, -0.15) is 4.31 Å². The lowest BCUT2D eigenvalue weighted by Gasteiger charge is -2.22. The molecule has 3 heterocycles. The highest BCUT2D eigenvalue weighted by Gasteiger charge is 2.39. The quantitative estimate of drug-likeness (QED) is 0.698. The Morgan fingerprint density at radius 2 is 2.00 bits per heavy atom. The van der Waals surface area contributed by atoms with Crippen LogP contribution in [-0.2, 0) is 31.4 Å². The summed E-state index contributed by atoms with van der Waals surface area (Å²) in [6.07, 6.45) is 1.06. The lowest BCUT2D eigenvalue weighted by molar-refractivity contribution is -0.124. The van der Waals surface area contributed by atoms with Gasteiger partial charge in [0.2, 0.25) is 15.9 Å². The van der Waals surface area contributed by atoms with E-state index in [0.717, 1.165) is 22.7 Å². The third kappa shape index (κ3) is 4.00. The van der Waals surface area contributed by atoms with E-state index in [1.165, 1.54) is 16.4 Å². The van der Waals surface area contributed by atoms with Crippen molar-refractivity contribution < 1.29 is 21.6 Å². The third-order valence-corrected chi connectivity index (χ3v) is 9.72. The monoisotopic (exact) mass is 435 g/mol. The Hall–Kier alpha value is -1.31. The Balaban J connectivity index is 1.68. The van der Waals surface area contributed by atoms with Gasteiger partial charge < -0.3 is 5.32 Å². The summed E-state index contributed by atoms with van der Waals surface area (Å²) in [5.41, 5.74) is 0. The Morgan fingerprint density at radius 3 is 2.62 bits per heavy atom. The fourth-order valence-electron chi connectivity index (χ4n) is 2.71. The van der Waals surface area contributed by atoms with Crippen molar-refractivity contribution in [1.29, 1.82) is 0 Å². The minimum atomic E-state index is -3.77. The number of nitrogens with zero attached hydrogens (tertiary/aromatic N) is 1. The first kappa shape index (κ1) is 19.5. The second-order valence-electron chi connectivity index (χ2n) is 5.69. The van der Waals surface area contributed by atoms with E-state index in [1.54, 1.807) is 17.5 Å². The number of thiophene rings is 2. The number of carbonyl (C=O) groups excluding carboxylic acids is 1. The van der Waals surface area contributed by atoms with Gasteiger partial charge in [0.05, 0.1) is 6.54 Å². The molecule has 0 radical (unpaired) electrons. The van der Waals surface area contributed by atoms with E-state index in [0.29, 0.717) is 24.3 Å². The van der Waals surface area contributed by atoms with Crippen LogP contribution in [-0.4, -0.2) is 39.6 Å². The molecule has 2 aromatic heterocycles. The van der Waals surface area contributed by atoms with Crippen LogP contribution in [0.25, 0.3) is 0 Å². The summed E-state index contributed by atoms with van der Waals surface area (Å²) in [7, 11) is -7.46. The zero-order valence-corrected chi connectivity index (χ0v) is 16.8. The first-order valence-corrected chi connectivity index (χ1v) is 12.3. The van der Waals surface area contributed by atoms with Gasteiger partial charge in [0.1, 0.15) is 14.5 Å². The molecule has 1 aliphatic heterocycles. The summed E-state index contributed by atoms with van der Waals surface area (Å²) in [5.74, 6) is -0.395. The molecule has 3 rings (SSSR count). The molecule has 1 saturated heterocycles. The molecule has 0 aromatic carbocycles. The van der Waals surface area contributed by atoms with Crippen LogP contribution in [0.3, 0.4) is 0 Å². The van der Waals surface area contributed by atoms with Crippen LogP contribution in [0.5, 0.6) is 0 Å². The number of rotatable bonds is 6. The maximum atomic E-state index is 12.7. The standard InChI is InChI=1S/C14H17N3O5S4/c15-25(19,20)13-6-5-10(24-13)9-16-14(18)11-3-1-7-17(11)26(21,22)12-4-2-8-23-12/h2,4-6,8,11H,1,3,7,9H2,(H,16,18)(H2,15,19,20). The largest absolute Gasteiger partial charge is 0.350 e. The number of nitrogens with two attached hydrogens (primary N) is 1. The van der Waals surface area contributed by atoms with Gasteiger partial charge in [-0.25, -0.2) is 22.0 Å². The second-order valence-corrected chi connectivity index (χ2v) is 11.7. The average molecular weight is 436 g/mol. The van der Waals surface area contributed by atoms with Crippen LogP contribution in [0.15, 0.2) is 38.1 Å². The van der Waals surface area contributed by atoms with E-state index in [-0.39, 0.29) is 15.0 Å². The van der Waals surface area contributed by atoms with Gasteiger partial charge in [0.25, 0.3) is 10.0 Å². The highest BCUT2D eigenvalue weighted by atomic mass is 32.3. The number of sulfonamides is 2. The van der Waals surface area contributed by atoms with E-state index >= 15 is 0 Å². The summed E-state index contributed by atoms with van der Waals surface area (Å²) in [6, 6.07) is 5.36. The number of amides is 1. The number of hydrogen-bond acceptors (Lipinski definition) is 7. The highest BCUT2D eigenvalue weighted by molar-refractivity contribution is 7.91. The third-order valence-electron chi connectivity index (χ3n) is 3.92. The Labute approximate surface area is 159 Å². The molecule has 1 amide bonds. The van der Waals surface area contributed by atoms with Gasteiger partial charge in [-0.1, -0.05) is 6.07 Å². The maximum Gasteiger partial charge on any atom is 0.253 e. The normalized spacial score (nSPS) is 18.9. The van der Waals surface area contributed by atoms with E-state index in [1.807, 2.05) is 0 Å². The summed E-state index contributed by atoms with van der Waals surface area (Å²) < 4.78 is 49.4. The van der Waals surface area contributed by atoms with Gasteiger partial charge >= 0.3 is 0 Å². The van der Waals surface area contributed by atoms with Crippen molar-refractivity contribution in [1.82, 2.24) is 9.62 Å². The predicted octanol–water partition coefficient (Wildman–Crippen LogP) is 0.926. The molecule has 1 aliphatic rings. The van der Waals surface area contributed by atoms with Crippen molar-refractivity contribution in [2.24, 2.45) is 5.14 Å². The molecular formula is C14H17N3O5S4. The Bertz CT molecular complexity index is 995. The van der Waals surface area contributed by atoms with Gasteiger partial charge in [-0.15, -0.1) is 22.7 Å². The van der Waals surface area contributed by atoms with Crippen molar-refractivity contribution in [2.45, 2.75) is 33.8 Å². The maximum absolute atomic E-state index is 12.7. The molecule has 1 fully saturated rings. The second kappa shape index (κ2) is 7.37. The van der Waals surface area contributed by atoms with E-state index in [4.69, 9.17) is 5.14 Å². The summed E-state index contributed by atoms with van der Waals surface area (Å²) >= 11 is 2.09. The molecule has 1 atom stereocenters. The van der Waals surface area contributed by atoms with Crippen molar-refractivity contribution in [2.75, 3.05) is 6.54 Å². The number of hydrogen-bond donors (Lipinski definition) is 2. The van der Waals surface area contributed by atoms with Gasteiger partial charge in [-0.3, -0.25) is 4.79 Å². The van der Waals surface area contributed by atoms with Crippen LogP contribution >= 0.6 is 22.7 Å². The zero-order chi connectivity index (χ0) is 18.9. The molecule has 26 heavy (non-hydrogen) atoms. The molecule has 3 N–H and O–H groups in total. The molecule has 8 nitrogen and oxygen atoms in total. The van der Waals surface area contributed by atoms with E-state index in [2.05, 4.69) is 5.32 Å². The average Bonchev–Trinajstić information content (AvgIpc) is 3.33. The minimum Gasteiger partial charge on any atom is -0.350 e. The summed E-state index contributed by atoms with van der Waals surface area (Å²) in [4.78, 5) is 13.1. The fourth-order valence-corrected chi connectivity index (χ4v) is 7.21. The summed E-state index contributed by atoms with van der Waals surface area (Å²) in [5, 5.41) is 9.43. The smallest absolute Gasteiger partial charge is 0.253 e. The van der Waals surface area contributed by atoms with Gasteiger partial charge in [0, 0.05) is 11.4 Å². The van der Waals surface area contributed by atoms with Crippen molar-refractivity contribution in [3.8, 4) is 0 Å². The first-order chi connectivity index (χ1) is 12.2. The van der Waals surface area contributed by atoms with E-state index in [9.17, 15) is 21.6 Å². The summed E-state index contributed by atoms with van der Waals surface area (Å²) in [6.45, 7) is 0.412. The zero-order valence-electron chi connectivity index (χ0n) is 13.5. The molecular weight excluding hydrogens is 418 g/mol. The SMILES string of the molecule is NS(=O)(=O)c1ccc(CNC(=O)C2CCCN2S(=O)(=O)c2cccs2)s1. The molecule has 0 aliphatic carbocycles. The van der Waals surface area contributed by atoms with Gasteiger partial charge in [-0.05, 0) is 36.4 Å². The number of primary sulfonamides is 1. The molecule has 1 unspecified atom stereocenters. The Morgan fingerprint density at radius 1 is 1.23 bits per heavy atom. The topological polar surface area (TPSA) is 127 Å². The van der Waals surface area contributed by atoms with Gasteiger partial charge in [0.15, 0.2) is 0 Å². The predicted molar refractivity (Wildman–Crippen MR) is 98.8 cm³/mol. The lowest BCUT2D eigenvalue weighted by Crippen LogP contribution is -2.45. The molecule has 142 valence electrons. The van der Waals surface area contributed by atoms with Crippen LogP contribution in [0.2, 0.25) is 0 Å². The van der Waals surface area contributed by atoms with Crippen molar-refractivity contribution in [3.05, 3.63) is 34.5 Å². The van der Waals surface area contributed by atoms with Crippen molar-refractivity contribution >= 4 is 48.6 Å². The molecule has 0 spiro atoms. The molecule has 2 aromatic rings. The highest BCUT2D eigenvalue weighted by Crippen LogP contribution is 2.28. The van der Waals surface area contributed by atoms with Crippen LogP contribution in [0.4, 0.5) is 0 Å².